The van der Waals surface area contributed by atoms with E-state index in [0.717, 1.165) is 27.4 Å². The number of halogens is 1. The highest BCUT2D eigenvalue weighted by Crippen LogP contribution is 2.38. The smallest absolute Gasteiger partial charge is 0.306 e. The zero-order valence-corrected chi connectivity index (χ0v) is 15.7. The lowest BCUT2D eigenvalue weighted by Crippen LogP contribution is -2.10. The number of aliphatic imine (C=N–C) groups is 1. The highest BCUT2D eigenvalue weighted by Gasteiger charge is 2.30. The minimum Gasteiger partial charge on any atom is -0.481 e. The fourth-order valence-corrected chi connectivity index (χ4v) is 4.35. The minimum atomic E-state index is -0.929. The Morgan fingerprint density at radius 2 is 2.04 bits per heavy atom. The van der Waals surface area contributed by atoms with Crippen LogP contribution in [0.15, 0.2) is 35.6 Å². The molecule has 3 aromatic rings. The fourth-order valence-electron chi connectivity index (χ4n) is 3.09. The van der Waals surface area contributed by atoms with E-state index in [1.165, 1.54) is 4.88 Å². The summed E-state index contributed by atoms with van der Waals surface area (Å²) in [6, 6.07) is 6.82. The molecule has 26 heavy (non-hydrogen) atoms. The lowest BCUT2D eigenvalue weighted by molar-refractivity contribution is -0.137. The molecule has 1 atom stereocenters. The Hall–Kier alpha value is -2.51. The van der Waals surface area contributed by atoms with E-state index in [2.05, 4.69) is 24.0 Å². The van der Waals surface area contributed by atoms with Crippen molar-refractivity contribution in [3.8, 4) is 5.00 Å². The van der Waals surface area contributed by atoms with E-state index in [9.17, 15) is 9.90 Å². The number of benzene rings is 1. The van der Waals surface area contributed by atoms with E-state index in [4.69, 9.17) is 16.6 Å². The summed E-state index contributed by atoms with van der Waals surface area (Å²) in [6.07, 6.45) is 1.47. The maximum atomic E-state index is 11.4. The summed E-state index contributed by atoms with van der Waals surface area (Å²) in [5.41, 5.74) is 3.76. The standard InChI is InChI=1S/C18H15ClN4O2S/c1-9-10(2)26-18-15(9)16(11-3-5-12(19)6-4-11)21-13(7-14(24)25)17-22-20-8-23(17)18/h3-6,8,13H,7H2,1-2H3,(H,24,25)/t13-/m0/s1. The van der Waals surface area contributed by atoms with E-state index >= 15 is 0 Å². The zero-order valence-electron chi connectivity index (χ0n) is 14.1. The van der Waals surface area contributed by atoms with Gasteiger partial charge in [0.05, 0.1) is 12.1 Å². The number of carbonyl (C=O) groups is 1. The molecule has 0 unspecified atom stereocenters. The van der Waals surface area contributed by atoms with Crippen LogP contribution < -0.4 is 0 Å². The Morgan fingerprint density at radius 3 is 2.73 bits per heavy atom. The van der Waals surface area contributed by atoms with Crippen molar-refractivity contribution in [2.45, 2.75) is 26.3 Å². The number of fused-ring (bicyclic) bond motifs is 3. The van der Waals surface area contributed by atoms with Crippen molar-refractivity contribution >= 4 is 34.6 Å². The number of carboxylic acid groups (broad SMARTS) is 1. The number of hydrogen-bond donors (Lipinski definition) is 1. The third kappa shape index (κ3) is 2.73. The molecule has 1 aromatic carbocycles. The molecule has 8 heteroatoms. The maximum absolute atomic E-state index is 11.4. The van der Waals surface area contributed by atoms with E-state index in [-0.39, 0.29) is 6.42 Å². The van der Waals surface area contributed by atoms with Gasteiger partial charge in [-0.1, -0.05) is 23.7 Å². The second-order valence-electron chi connectivity index (χ2n) is 6.12. The fraction of sp³-hybridized carbons (Fsp3) is 0.222. The molecular formula is C18H15ClN4O2S. The summed E-state index contributed by atoms with van der Waals surface area (Å²) in [7, 11) is 0. The summed E-state index contributed by atoms with van der Waals surface area (Å²) in [6.45, 7) is 4.12. The minimum absolute atomic E-state index is 0.150. The van der Waals surface area contributed by atoms with Crippen LogP contribution >= 0.6 is 22.9 Å². The topological polar surface area (TPSA) is 80.4 Å². The number of aliphatic carboxylic acids is 1. The van der Waals surface area contributed by atoms with Crippen molar-refractivity contribution in [2.24, 2.45) is 4.99 Å². The van der Waals surface area contributed by atoms with Crippen LogP contribution in [0.4, 0.5) is 0 Å². The number of nitrogens with zero attached hydrogens (tertiary/aromatic N) is 4. The van der Waals surface area contributed by atoms with Gasteiger partial charge in [0.1, 0.15) is 17.4 Å². The predicted molar refractivity (Wildman–Crippen MR) is 101 cm³/mol. The molecule has 3 heterocycles. The first kappa shape index (κ1) is 16.9. The summed E-state index contributed by atoms with van der Waals surface area (Å²) in [5.74, 6) is -0.388. The molecule has 0 aliphatic carbocycles. The average molecular weight is 387 g/mol. The lowest BCUT2D eigenvalue weighted by atomic mass is 10.00. The van der Waals surface area contributed by atoms with Gasteiger partial charge in [0.25, 0.3) is 0 Å². The van der Waals surface area contributed by atoms with Gasteiger partial charge >= 0.3 is 5.97 Å². The molecule has 0 radical (unpaired) electrons. The van der Waals surface area contributed by atoms with Gasteiger partial charge in [-0.05, 0) is 31.5 Å². The third-order valence-corrected chi connectivity index (χ3v) is 5.92. The van der Waals surface area contributed by atoms with Crippen LogP contribution in [0.1, 0.15) is 39.9 Å². The van der Waals surface area contributed by atoms with Crippen molar-refractivity contribution in [2.75, 3.05) is 0 Å². The maximum Gasteiger partial charge on any atom is 0.306 e. The van der Waals surface area contributed by atoms with Crippen LogP contribution in [-0.4, -0.2) is 31.6 Å². The quantitative estimate of drug-likeness (QED) is 0.738. The first-order valence-electron chi connectivity index (χ1n) is 8.02. The number of rotatable bonds is 3. The van der Waals surface area contributed by atoms with Gasteiger partial charge in [-0.3, -0.25) is 14.4 Å². The molecule has 0 amide bonds. The Balaban J connectivity index is 2.00. The van der Waals surface area contributed by atoms with Crippen LogP contribution in [0.3, 0.4) is 0 Å². The third-order valence-electron chi connectivity index (χ3n) is 4.47. The zero-order chi connectivity index (χ0) is 18.4. The monoisotopic (exact) mass is 386 g/mol. The van der Waals surface area contributed by atoms with Gasteiger partial charge < -0.3 is 5.11 Å². The van der Waals surface area contributed by atoms with E-state index in [0.29, 0.717) is 10.8 Å². The highest BCUT2D eigenvalue weighted by molar-refractivity contribution is 7.15. The van der Waals surface area contributed by atoms with Crippen molar-refractivity contribution in [3.63, 3.8) is 0 Å². The summed E-state index contributed by atoms with van der Waals surface area (Å²) in [5, 5.41) is 19.1. The molecule has 0 spiro atoms. The molecule has 6 nitrogen and oxygen atoms in total. The molecule has 1 aliphatic rings. The van der Waals surface area contributed by atoms with E-state index in [1.54, 1.807) is 17.7 Å². The first-order chi connectivity index (χ1) is 12.5. The molecule has 2 aromatic heterocycles. The van der Waals surface area contributed by atoms with Gasteiger partial charge in [0.2, 0.25) is 0 Å². The van der Waals surface area contributed by atoms with Gasteiger partial charge in [-0.2, -0.15) is 0 Å². The van der Waals surface area contributed by atoms with Crippen LogP contribution in [0.25, 0.3) is 5.00 Å². The highest BCUT2D eigenvalue weighted by atomic mass is 35.5. The molecule has 0 saturated carbocycles. The number of aromatic nitrogens is 3. The van der Waals surface area contributed by atoms with Gasteiger partial charge in [-0.15, -0.1) is 21.5 Å². The average Bonchev–Trinajstić information content (AvgIpc) is 3.15. The largest absolute Gasteiger partial charge is 0.481 e. The van der Waals surface area contributed by atoms with E-state index < -0.39 is 12.0 Å². The van der Waals surface area contributed by atoms with Gasteiger partial charge in [0, 0.05) is 21.0 Å². The molecule has 0 bridgehead atoms. The van der Waals surface area contributed by atoms with Crippen LogP contribution in [0, 0.1) is 13.8 Å². The molecule has 0 saturated heterocycles. The lowest BCUT2D eigenvalue weighted by Gasteiger charge is -2.10. The molecule has 4 rings (SSSR count). The van der Waals surface area contributed by atoms with Crippen molar-refractivity contribution in [1.29, 1.82) is 0 Å². The SMILES string of the molecule is Cc1sc2c(c1C)C(c1ccc(Cl)cc1)=N[C@@H](CC(=O)O)c1nncn1-2. The molecule has 0 fully saturated rings. The molecular weight excluding hydrogens is 372 g/mol. The Kier molecular flexibility index (Phi) is 4.13. The van der Waals surface area contributed by atoms with Crippen LogP contribution in [0.2, 0.25) is 5.02 Å². The predicted octanol–water partition coefficient (Wildman–Crippen LogP) is 3.97. The number of carboxylic acids is 1. The van der Waals surface area contributed by atoms with Gasteiger partial charge in [0.15, 0.2) is 5.82 Å². The Labute approximate surface area is 158 Å². The summed E-state index contributed by atoms with van der Waals surface area (Å²) >= 11 is 7.66. The molecule has 1 N–H and O–H groups in total. The Morgan fingerprint density at radius 1 is 1.31 bits per heavy atom. The van der Waals surface area contributed by atoms with Crippen molar-refractivity contribution in [1.82, 2.24) is 14.8 Å². The van der Waals surface area contributed by atoms with E-state index in [1.807, 2.05) is 28.8 Å². The van der Waals surface area contributed by atoms with Crippen molar-refractivity contribution < 1.29 is 9.90 Å². The summed E-state index contributed by atoms with van der Waals surface area (Å²) < 4.78 is 1.86. The van der Waals surface area contributed by atoms with Crippen LogP contribution in [0.5, 0.6) is 0 Å². The molecule has 132 valence electrons. The first-order valence-corrected chi connectivity index (χ1v) is 9.21. The second-order valence-corrected chi connectivity index (χ2v) is 7.76. The Bertz CT molecular complexity index is 1040. The van der Waals surface area contributed by atoms with Crippen molar-refractivity contribution in [3.05, 3.63) is 63.0 Å². The summed E-state index contributed by atoms with van der Waals surface area (Å²) in [4.78, 5) is 17.4. The normalized spacial score (nSPS) is 15.8. The second kappa shape index (κ2) is 6.34. The number of thiophene rings is 1. The van der Waals surface area contributed by atoms with Crippen LogP contribution in [-0.2, 0) is 4.79 Å². The molecule has 1 aliphatic heterocycles. The number of aryl methyl sites for hydroxylation is 1. The number of hydrogen-bond acceptors (Lipinski definition) is 5. The van der Waals surface area contributed by atoms with Gasteiger partial charge in [-0.25, -0.2) is 0 Å².